The second-order valence-electron chi connectivity index (χ2n) is 34.4. The van der Waals surface area contributed by atoms with Crippen LogP contribution in [-0.4, -0.2) is 338 Å². The van der Waals surface area contributed by atoms with E-state index >= 15 is 0 Å². The summed E-state index contributed by atoms with van der Waals surface area (Å²) in [5.74, 6) is -6.98. The van der Waals surface area contributed by atoms with Gasteiger partial charge in [-0.15, -0.1) is 0 Å². The number of anilines is 3. The van der Waals surface area contributed by atoms with Crippen LogP contribution in [0.3, 0.4) is 0 Å². The number of carboxylic acids is 4. The number of rotatable bonds is 36. The maximum absolute atomic E-state index is 12.8. The number of fused-ring (bicyclic) bond motifs is 3. The summed E-state index contributed by atoms with van der Waals surface area (Å²) in [7, 11) is 0. The summed E-state index contributed by atoms with van der Waals surface area (Å²) in [5.41, 5.74) is 0.873. The zero-order valence-corrected chi connectivity index (χ0v) is 76.8. The molecule has 31 atom stereocenters. The van der Waals surface area contributed by atoms with Crippen LogP contribution in [0, 0.1) is 23.7 Å². The molecule has 0 radical (unpaired) electrons. The van der Waals surface area contributed by atoms with Crippen LogP contribution >= 0.6 is 0 Å². The fourth-order valence-electron chi connectivity index (χ4n) is 14.6. The van der Waals surface area contributed by atoms with E-state index in [1.165, 1.54) is 39.6 Å². The number of ether oxygens (including phenoxy) is 12. The number of aliphatic imine (C=N–C) groups is 1. The Morgan fingerprint density at radius 1 is 0.463 bits per heavy atom. The molecule has 6 amide bonds. The van der Waals surface area contributed by atoms with Crippen molar-refractivity contribution < 1.29 is 161 Å². The Hall–Kier alpha value is -10.8. The number of nitrogens with zero attached hydrogens (tertiary/aromatic N) is 7. The van der Waals surface area contributed by atoms with E-state index in [-0.39, 0.29) is 140 Å². The predicted octanol–water partition coefficient (Wildman–Crippen LogP) is 2.55. The van der Waals surface area contributed by atoms with Crippen LogP contribution in [0.15, 0.2) is 28.8 Å². The lowest BCUT2D eigenvalue weighted by Crippen LogP contribution is -2.54. The number of hydrogen-bond donors (Lipinski definition) is 21. The molecular weight excluding hydrogens is 1780 g/mol. The average Bonchev–Trinajstić information content (AvgIpc) is 1.61. The highest BCUT2D eigenvalue weighted by molar-refractivity contribution is 5.99. The first-order valence-electron chi connectivity index (χ1n) is 44.2. The molecule has 6 aliphatic rings. The van der Waals surface area contributed by atoms with Crippen LogP contribution in [0.5, 0.6) is 0 Å². The minimum absolute atomic E-state index is 0.0510. The van der Waals surface area contributed by atoms with Gasteiger partial charge in [-0.05, 0) is 151 Å². The lowest BCUT2D eigenvalue weighted by atomic mass is 9.89. The molecule has 5 fully saturated rings. The Balaban J connectivity index is 0.000000229. The Morgan fingerprint density at radius 3 is 1.23 bits per heavy atom. The van der Waals surface area contributed by atoms with Crippen molar-refractivity contribution in [3.8, 4) is 0 Å². The standard InChI is InChI=1S/C28H41N5O12.C22H32N6O9.C21H32N6O8.C12H22O5/c1-11-7-16(34)27(45-13(11)3)43-12(2)5-6-18(36)44-14(4)19(26(39)40)32-28(41)33-25-21-20(30-10-31-25)15(8-29-21)24-23(38)22(37)17(35)9-42-24;1-9-7-13(29)20(37-11(9)3)35-10(2)5-6-14(30)36-12(4)15(19(31)32)25-21(33)27-18-16-17(24-8-23-16)26-22(34)28-18;1-9-7-13(28)20(35-11(9)3)33-10(2)5-6-14(29)34-12(4)15(19(30)31)24-21(32)25-17-16-18(27-26-16)23-8-22-17;1-7-6-10(13)12(17-9(7)3)16-8(2)4-5-11(14)15/h8,10-17,19,22-24,27,34-35,37-38H,5-7,9H2,1-4H3,(H,39,40)(H2,30,31,32,33,41);8-13,15,20,29H,5-7H2,1-4H3,(H,31,32)(H4,23,24,25,26,27,28,33,34);8-13,15,20,26,28H,5-7H2,1-4H3,(H,30,31)(H3,22,23,24,25,27,32);7-10,12-13H,4-6H2,1-3H3,(H,14,15)/t11-,12+,13?,14+,15?,16+,17+,19-,22-,23?,24-,27-;2*9-,10+,11?,12+,13+,15-,20-;7-,8+,9?,10+,12-/m0000/s1. The Morgan fingerprint density at radius 2 is 0.843 bits per heavy atom. The van der Waals surface area contributed by atoms with E-state index in [2.05, 4.69) is 87.0 Å². The zero-order valence-electron chi connectivity index (χ0n) is 76.8. The fraction of sp³-hybridized carbons (Fsp3) is 0.711. The second kappa shape index (κ2) is 50.7. The van der Waals surface area contributed by atoms with Crippen LogP contribution < -0.4 is 37.6 Å². The van der Waals surface area contributed by atoms with Gasteiger partial charge in [0, 0.05) is 31.9 Å². The predicted molar refractivity (Wildman–Crippen MR) is 464 cm³/mol. The molecule has 5 aromatic rings. The summed E-state index contributed by atoms with van der Waals surface area (Å²) in [6.07, 6.45) is -8.17. The fourth-order valence-corrected chi connectivity index (χ4v) is 14.6. The van der Waals surface area contributed by atoms with Crippen molar-refractivity contribution in [3.05, 3.63) is 35.2 Å². The first-order valence-corrected chi connectivity index (χ1v) is 44.2. The number of hydrogen-bond acceptors (Lipinski definition) is 37. The summed E-state index contributed by atoms with van der Waals surface area (Å²) in [6, 6.07) is -7.50. The SMILES string of the molecule is CC1O[C@H](O[C@H](C)CCC(=O)O)[C@H](O)C[C@@H]1C.CC1O[C@H](O[C@H](C)CCC(=O)O[C@H](C)[C@H](NC(=O)Nc2[nH]c(=O)nc3nc[nH]c23)C(=O)O)[C@H](O)C[C@@H]1C.CC1O[C@H](O[C@H](C)CCC(=O)O[C@H](C)[C@H](NC(=O)Nc2ncnc3[nH][nH]c23)C(=O)O)[C@H](O)C[C@@H]1C.CC1O[C@H](O[C@H](C)CCC(=O)O[C@H](C)[C@H](NC(=O)Nc2ncnc3c2N=CC3[C@@H]2OC[C@@H](O)[C@H](O)C2O)C(=O)O)[C@H](O)C[C@@H]1C. The van der Waals surface area contributed by atoms with Gasteiger partial charge in [-0.1, -0.05) is 27.7 Å². The molecule has 6 aliphatic heterocycles. The molecule has 0 aliphatic carbocycles. The number of carboxylic acid groups (broad SMARTS) is 4. The van der Waals surface area contributed by atoms with E-state index in [1.807, 2.05) is 55.4 Å². The van der Waals surface area contributed by atoms with Crippen molar-refractivity contribution in [2.45, 2.75) is 346 Å². The Kier molecular flexibility index (Phi) is 41.1. The third kappa shape index (κ3) is 31.9. The van der Waals surface area contributed by atoms with E-state index in [9.17, 15) is 104 Å². The molecule has 134 heavy (non-hydrogen) atoms. The number of esters is 3. The van der Waals surface area contributed by atoms with Crippen LogP contribution in [0.1, 0.15) is 193 Å². The zero-order chi connectivity index (χ0) is 99.0. The number of aromatic amines is 4. The normalized spacial score (nSPS) is 28.8. The molecule has 0 spiro atoms. The van der Waals surface area contributed by atoms with Crippen LogP contribution in [0.4, 0.5) is 37.5 Å². The van der Waals surface area contributed by atoms with Gasteiger partial charge in [0.2, 0.25) is 0 Å². The van der Waals surface area contributed by atoms with Crippen molar-refractivity contribution in [2.24, 2.45) is 28.7 Å². The van der Waals surface area contributed by atoms with E-state index in [1.54, 1.807) is 27.7 Å². The van der Waals surface area contributed by atoms with Gasteiger partial charge in [0.25, 0.3) is 0 Å². The van der Waals surface area contributed by atoms with E-state index < -0.39 is 200 Å². The first kappa shape index (κ1) is 109. The summed E-state index contributed by atoms with van der Waals surface area (Å²) < 4.78 is 66.6. The van der Waals surface area contributed by atoms with Gasteiger partial charge in [0.1, 0.15) is 96.2 Å². The van der Waals surface area contributed by atoms with Gasteiger partial charge < -0.3 is 134 Å². The number of aliphatic carboxylic acids is 4. The highest BCUT2D eigenvalue weighted by atomic mass is 16.7. The van der Waals surface area contributed by atoms with E-state index in [0.717, 1.165) is 6.33 Å². The van der Waals surface area contributed by atoms with Gasteiger partial charge in [0.05, 0.1) is 79.5 Å². The molecule has 5 aromatic heterocycles. The smallest absolute Gasteiger partial charge is 0.348 e. The Labute approximate surface area is 768 Å². The first-order chi connectivity index (χ1) is 63.1. The van der Waals surface area contributed by atoms with Crippen molar-refractivity contribution in [2.75, 3.05) is 22.6 Å². The molecule has 11 heterocycles. The van der Waals surface area contributed by atoms with Crippen LogP contribution in [0.25, 0.3) is 22.3 Å². The molecule has 21 N–H and O–H groups in total. The number of aliphatic hydroxyl groups is 7. The number of carbonyl (C=O) groups is 10. The number of imidazole rings is 1. The number of urea groups is 3. The summed E-state index contributed by atoms with van der Waals surface area (Å²) in [6.45, 7) is 26.4. The van der Waals surface area contributed by atoms with Crippen molar-refractivity contribution in [1.29, 1.82) is 0 Å². The van der Waals surface area contributed by atoms with Crippen molar-refractivity contribution in [1.82, 2.24) is 66.0 Å². The Bertz CT molecular complexity index is 4790. The lowest BCUT2D eigenvalue weighted by molar-refractivity contribution is -0.263. The molecule has 0 saturated carbocycles. The van der Waals surface area contributed by atoms with Crippen molar-refractivity contribution in [3.63, 3.8) is 0 Å². The van der Waals surface area contributed by atoms with Gasteiger partial charge in [0.15, 0.2) is 66.2 Å². The summed E-state index contributed by atoms with van der Waals surface area (Å²) in [5, 5.41) is 127. The summed E-state index contributed by atoms with van der Waals surface area (Å²) in [4.78, 5) is 165. The highest BCUT2D eigenvalue weighted by Crippen LogP contribution is 2.41. The molecule has 0 bridgehead atoms. The quantitative estimate of drug-likeness (QED) is 0.0202. The highest BCUT2D eigenvalue weighted by Gasteiger charge is 2.46. The van der Waals surface area contributed by atoms with Crippen LogP contribution in [0.2, 0.25) is 0 Å². The molecule has 6 unspecified atom stereocenters. The lowest BCUT2D eigenvalue weighted by Gasteiger charge is -2.37. The second-order valence-corrected chi connectivity index (χ2v) is 34.4. The molecule has 11 rings (SSSR count). The monoisotopic (exact) mass is 1910 g/mol. The average molecular weight is 1910 g/mol. The molecule has 748 valence electrons. The molecule has 5 saturated heterocycles. The third-order valence-electron chi connectivity index (χ3n) is 23.4. The van der Waals surface area contributed by atoms with Gasteiger partial charge in [-0.2, -0.15) is 4.98 Å². The van der Waals surface area contributed by atoms with Crippen LogP contribution in [-0.2, 0) is 90.4 Å². The number of carbonyl (C=O) groups excluding carboxylic acids is 6. The van der Waals surface area contributed by atoms with Crippen molar-refractivity contribution >= 4 is 112 Å². The largest absolute Gasteiger partial charge is 0.481 e. The number of nitrogens with one attached hydrogen (secondary N) is 10. The number of aromatic nitrogens is 10. The number of H-pyrrole nitrogens is 4. The van der Waals surface area contributed by atoms with E-state index in [4.69, 9.17) is 61.9 Å². The van der Waals surface area contributed by atoms with E-state index in [0.29, 0.717) is 49.2 Å². The number of amides is 6. The maximum Gasteiger partial charge on any atom is 0.348 e. The maximum atomic E-state index is 12.8. The van der Waals surface area contributed by atoms with Gasteiger partial charge >= 0.3 is 65.6 Å². The molecular formula is C83H127N17O34. The van der Waals surface area contributed by atoms with Gasteiger partial charge in [-0.3, -0.25) is 55.3 Å². The minimum atomic E-state index is -1.62. The minimum Gasteiger partial charge on any atom is -0.481 e. The molecule has 51 nitrogen and oxygen atoms in total. The summed E-state index contributed by atoms with van der Waals surface area (Å²) >= 11 is 0. The number of aliphatic hydroxyl groups excluding tert-OH is 7. The molecule has 0 aromatic carbocycles. The molecule has 51 heteroatoms. The topological polar surface area (TPSA) is 746 Å². The van der Waals surface area contributed by atoms with Gasteiger partial charge in [-0.25, -0.2) is 58.5 Å². The third-order valence-corrected chi connectivity index (χ3v) is 23.4.